The Morgan fingerprint density at radius 1 is 1.11 bits per heavy atom. The van der Waals surface area contributed by atoms with E-state index in [1.165, 1.54) is 39.0 Å². The summed E-state index contributed by atoms with van der Waals surface area (Å²) in [5.74, 6) is 0.833. The molecule has 1 heterocycles. The maximum absolute atomic E-state index is 11.9. The molecule has 6 nitrogen and oxygen atoms in total. The number of anilines is 1. The molecule has 2 fully saturated rings. The van der Waals surface area contributed by atoms with Gasteiger partial charge in [-0.2, -0.15) is 0 Å². The Bertz CT molecular complexity index is 1000. The van der Waals surface area contributed by atoms with Crippen molar-refractivity contribution >= 4 is 11.6 Å². The molecule has 0 saturated heterocycles. The molecule has 1 spiro atoms. The van der Waals surface area contributed by atoms with Crippen LogP contribution in [0.25, 0.3) is 0 Å². The maximum Gasteiger partial charge on any atom is 0.217 e. The van der Waals surface area contributed by atoms with Crippen LogP contribution in [0.3, 0.4) is 0 Å². The number of aliphatic hydroxyl groups is 1. The lowest BCUT2D eigenvalue weighted by Crippen LogP contribution is -2.52. The molecule has 0 bridgehead atoms. The quantitative estimate of drug-likeness (QED) is 0.428. The third-order valence-electron chi connectivity index (χ3n) is 8.00. The number of hydrogen-bond acceptors (Lipinski definition) is 5. The van der Waals surface area contributed by atoms with Gasteiger partial charge in [0.15, 0.2) is 0 Å². The molecule has 35 heavy (non-hydrogen) atoms. The molecule has 2 aromatic rings. The number of carbonyl (C=O) groups is 1. The zero-order chi connectivity index (χ0) is 24.3. The number of aliphatic hydroxyl groups excluding tert-OH is 1. The first-order valence-electron chi connectivity index (χ1n) is 13.3. The minimum Gasteiger partial charge on any atom is -0.487 e. The number of nitrogens with one attached hydrogen (secondary N) is 3. The minimum absolute atomic E-state index is 0.0862. The van der Waals surface area contributed by atoms with Crippen LogP contribution in [0.1, 0.15) is 75.5 Å². The van der Waals surface area contributed by atoms with Gasteiger partial charge in [0.25, 0.3) is 0 Å². The third-order valence-corrected chi connectivity index (χ3v) is 8.00. The van der Waals surface area contributed by atoms with E-state index in [4.69, 9.17) is 4.74 Å². The van der Waals surface area contributed by atoms with E-state index in [9.17, 15) is 9.90 Å². The van der Waals surface area contributed by atoms with Crippen LogP contribution in [-0.2, 0) is 11.2 Å². The first kappa shape index (κ1) is 24.1. The van der Waals surface area contributed by atoms with Crippen LogP contribution in [0.4, 0.5) is 5.69 Å². The number of benzene rings is 2. The number of carbonyl (C=O) groups excluding carboxylic acids is 1. The van der Waals surface area contributed by atoms with Crippen molar-refractivity contribution in [3.8, 4) is 5.75 Å². The van der Waals surface area contributed by atoms with Gasteiger partial charge in [0, 0.05) is 43.2 Å². The molecule has 1 amide bonds. The van der Waals surface area contributed by atoms with E-state index in [1.54, 1.807) is 0 Å². The number of fused-ring (bicyclic) bond motifs is 1. The third kappa shape index (κ3) is 5.81. The van der Waals surface area contributed by atoms with Gasteiger partial charge in [0.1, 0.15) is 11.4 Å². The Balaban J connectivity index is 1.30. The van der Waals surface area contributed by atoms with Crippen LogP contribution < -0.4 is 20.7 Å². The summed E-state index contributed by atoms with van der Waals surface area (Å²) in [4.78, 5) is 11.9. The zero-order valence-corrected chi connectivity index (χ0v) is 20.8. The van der Waals surface area contributed by atoms with Gasteiger partial charge in [-0.15, -0.1) is 0 Å². The van der Waals surface area contributed by atoms with Crippen molar-refractivity contribution in [1.82, 2.24) is 10.6 Å². The lowest BCUT2D eigenvalue weighted by molar-refractivity contribution is -0.120. The average Bonchev–Trinajstić information content (AvgIpc) is 3.34. The SMILES string of the molecule is CC(=O)N[C@@H](Cc1ccccc1)[C@H](O)CN[C@H]1CC2(CCC2)Oc2ccc(NC3CCCC3)cc21. The van der Waals surface area contributed by atoms with Gasteiger partial charge >= 0.3 is 0 Å². The largest absolute Gasteiger partial charge is 0.487 e. The van der Waals surface area contributed by atoms with Crippen molar-refractivity contribution in [3.63, 3.8) is 0 Å². The van der Waals surface area contributed by atoms with Crippen LogP contribution in [-0.4, -0.2) is 41.3 Å². The molecule has 188 valence electrons. The summed E-state index contributed by atoms with van der Waals surface area (Å²) in [6.07, 6.45) is 9.22. The van der Waals surface area contributed by atoms with E-state index in [1.807, 2.05) is 30.3 Å². The summed E-state index contributed by atoms with van der Waals surface area (Å²) < 4.78 is 6.51. The van der Waals surface area contributed by atoms with Gasteiger partial charge in [-0.1, -0.05) is 43.2 Å². The number of hydrogen-bond donors (Lipinski definition) is 4. The molecule has 2 saturated carbocycles. The number of amides is 1. The predicted octanol–water partition coefficient (Wildman–Crippen LogP) is 4.49. The lowest BCUT2D eigenvalue weighted by atomic mass is 9.73. The molecule has 3 atom stereocenters. The van der Waals surface area contributed by atoms with Crippen LogP contribution in [0.5, 0.6) is 5.75 Å². The van der Waals surface area contributed by atoms with Gasteiger partial charge in [-0.05, 0) is 62.3 Å². The standard InChI is InChI=1S/C29H39N3O3/c1-20(33)31-25(16-21-8-3-2-4-9-21)27(34)19-30-26-18-29(14-7-15-29)35-28-13-12-23(17-24(26)28)32-22-10-5-6-11-22/h2-4,8-9,12-13,17,22,25-27,30,32,34H,5-7,10-11,14-16,18-19H2,1H3,(H,31,33)/t25-,26-,27+/m0/s1. The number of rotatable bonds is 9. The molecule has 2 aromatic carbocycles. The highest BCUT2D eigenvalue weighted by Crippen LogP contribution is 2.49. The van der Waals surface area contributed by atoms with Crippen molar-refractivity contribution in [1.29, 1.82) is 0 Å². The average molecular weight is 478 g/mol. The normalized spacial score (nSPS) is 22.5. The summed E-state index contributed by atoms with van der Waals surface area (Å²) >= 11 is 0. The molecule has 0 aromatic heterocycles. The van der Waals surface area contributed by atoms with Crippen molar-refractivity contribution in [2.45, 2.75) is 94.5 Å². The van der Waals surface area contributed by atoms with Crippen molar-refractivity contribution in [3.05, 3.63) is 59.7 Å². The Hall–Kier alpha value is -2.57. The summed E-state index contributed by atoms with van der Waals surface area (Å²) in [6, 6.07) is 16.8. The van der Waals surface area contributed by atoms with Crippen LogP contribution in [0.15, 0.2) is 48.5 Å². The van der Waals surface area contributed by atoms with E-state index in [0.29, 0.717) is 19.0 Å². The molecular formula is C29H39N3O3. The molecule has 0 unspecified atom stereocenters. The van der Waals surface area contributed by atoms with Crippen molar-refractivity contribution in [2.75, 3.05) is 11.9 Å². The van der Waals surface area contributed by atoms with Crippen LogP contribution in [0, 0.1) is 0 Å². The Morgan fingerprint density at radius 2 is 1.89 bits per heavy atom. The smallest absolute Gasteiger partial charge is 0.217 e. The molecule has 3 aliphatic rings. The molecular weight excluding hydrogens is 438 g/mol. The number of ether oxygens (including phenoxy) is 1. The first-order valence-corrected chi connectivity index (χ1v) is 13.3. The summed E-state index contributed by atoms with van der Waals surface area (Å²) in [5.41, 5.74) is 3.32. The van der Waals surface area contributed by atoms with Gasteiger partial charge in [-0.3, -0.25) is 4.79 Å². The van der Waals surface area contributed by atoms with Gasteiger partial charge in [-0.25, -0.2) is 0 Å². The Morgan fingerprint density at radius 3 is 2.57 bits per heavy atom. The molecule has 0 radical (unpaired) electrons. The van der Waals surface area contributed by atoms with Gasteiger partial charge in [0.05, 0.1) is 12.1 Å². The van der Waals surface area contributed by atoms with E-state index in [2.05, 4.69) is 34.1 Å². The fourth-order valence-corrected chi connectivity index (χ4v) is 5.94. The maximum atomic E-state index is 11.9. The second-order valence-electron chi connectivity index (χ2n) is 10.7. The second kappa shape index (κ2) is 10.6. The highest BCUT2D eigenvalue weighted by atomic mass is 16.5. The van der Waals surface area contributed by atoms with E-state index < -0.39 is 6.10 Å². The molecule has 6 heteroatoms. The molecule has 1 aliphatic heterocycles. The fraction of sp³-hybridized carbons (Fsp3) is 0.552. The summed E-state index contributed by atoms with van der Waals surface area (Å²) in [6.45, 7) is 1.91. The molecule has 5 rings (SSSR count). The van der Waals surface area contributed by atoms with E-state index in [0.717, 1.165) is 41.8 Å². The Kier molecular flexibility index (Phi) is 7.30. The van der Waals surface area contributed by atoms with Gasteiger partial charge in [0.2, 0.25) is 5.91 Å². The second-order valence-corrected chi connectivity index (χ2v) is 10.7. The predicted molar refractivity (Wildman–Crippen MR) is 139 cm³/mol. The zero-order valence-electron chi connectivity index (χ0n) is 20.8. The van der Waals surface area contributed by atoms with Gasteiger partial charge < -0.3 is 25.8 Å². The summed E-state index contributed by atoms with van der Waals surface area (Å²) in [5, 5.41) is 21.4. The fourth-order valence-electron chi connectivity index (χ4n) is 5.94. The van der Waals surface area contributed by atoms with Crippen molar-refractivity contribution < 1.29 is 14.6 Å². The Labute approximate surface area is 208 Å². The topological polar surface area (TPSA) is 82.6 Å². The lowest BCUT2D eigenvalue weighted by Gasteiger charge is -2.48. The van der Waals surface area contributed by atoms with E-state index >= 15 is 0 Å². The molecule has 4 N–H and O–H groups in total. The molecule has 2 aliphatic carbocycles. The van der Waals surface area contributed by atoms with Crippen LogP contribution >= 0.6 is 0 Å². The van der Waals surface area contributed by atoms with Crippen molar-refractivity contribution in [2.24, 2.45) is 0 Å². The van der Waals surface area contributed by atoms with Crippen LogP contribution in [0.2, 0.25) is 0 Å². The monoisotopic (exact) mass is 477 g/mol. The first-order chi connectivity index (χ1) is 17.0. The highest BCUT2D eigenvalue weighted by molar-refractivity contribution is 5.73. The van der Waals surface area contributed by atoms with E-state index in [-0.39, 0.29) is 23.6 Å². The minimum atomic E-state index is -0.706. The summed E-state index contributed by atoms with van der Waals surface area (Å²) in [7, 11) is 0. The highest BCUT2D eigenvalue weighted by Gasteiger charge is 2.45.